The maximum atomic E-state index is 13.9. The molecule has 33 heavy (non-hydrogen) atoms. The van der Waals surface area contributed by atoms with Gasteiger partial charge in [0.15, 0.2) is 11.7 Å². The summed E-state index contributed by atoms with van der Waals surface area (Å²) in [5.41, 5.74) is -1.60. The lowest BCUT2D eigenvalue weighted by molar-refractivity contribution is -0.146. The van der Waals surface area contributed by atoms with Gasteiger partial charge in [-0.3, -0.25) is 19.1 Å². The minimum Gasteiger partial charge on any atom is -0.483 e. The van der Waals surface area contributed by atoms with Crippen molar-refractivity contribution in [1.82, 2.24) is 20.4 Å². The summed E-state index contributed by atoms with van der Waals surface area (Å²) in [4.78, 5) is 39.0. The third-order valence-corrected chi connectivity index (χ3v) is 6.72. The first-order valence-electron chi connectivity index (χ1n) is 11.4. The Morgan fingerprint density at radius 1 is 1.33 bits per heavy atom. The summed E-state index contributed by atoms with van der Waals surface area (Å²) in [5.74, 6) is -1.62. The van der Waals surface area contributed by atoms with Crippen molar-refractivity contribution in [3.8, 4) is 0 Å². The highest BCUT2D eigenvalue weighted by molar-refractivity contribution is 6.44. The van der Waals surface area contributed by atoms with E-state index in [1.165, 1.54) is 11.8 Å². The molecule has 3 rings (SSSR count). The molecule has 3 N–H and O–H groups in total. The van der Waals surface area contributed by atoms with Gasteiger partial charge in [0, 0.05) is 32.2 Å². The first-order valence-corrected chi connectivity index (χ1v) is 11.4. The molecule has 2 aliphatic carbocycles. The molecular formula is C23H34FN5O4. The number of rotatable bonds is 10. The Morgan fingerprint density at radius 2 is 2.00 bits per heavy atom. The summed E-state index contributed by atoms with van der Waals surface area (Å²) in [6.45, 7) is 3.93. The lowest BCUT2D eigenvalue weighted by Crippen LogP contribution is -2.67. The molecule has 0 spiro atoms. The van der Waals surface area contributed by atoms with Crippen molar-refractivity contribution in [2.45, 2.75) is 76.5 Å². The molecule has 10 heteroatoms. The smallest absolute Gasteiger partial charge is 0.295 e. The average molecular weight is 464 g/mol. The number of aryl methyl sites for hydroxylation is 1. The Bertz CT molecular complexity index is 916. The predicted octanol–water partition coefficient (Wildman–Crippen LogP) is 2.35. The normalized spacial score (nSPS) is 25.0. The van der Waals surface area contributed by atoms with E-state index in [1.807, 2.05) is 0 Å². The number of ketones is 1. The van der Waals surface area contributed by atoms with Gasteiger partial charge in [0.05, 0.1) is 7.11 Å². The highest BCUT2D eigenvalue weighted by Crippen LogP contribution is 2.42. The van der Waals surface area contributed by atoms with E-state index >= 15 is 0 Å². The molecule has 1 aromatic rings. The first-order chi connectivity index (χ1) is 15.6. The number of ether oxygens (including phenoxy) is 1. The van der Waals surface area contributed by atoms with E-state index in [9.17, 15) is 18.8 Å². The third-order valence-electron chi connectivity index (χ3n) is 6.72. The molecule has 0 aromatic carbocycles. The van der Waals surface area contributed by atoms with Crippen LogP contribution in [-0.4, -0.2) is 52.2 Å². The van der Waals surface area contributed by atoms with Gasteiger partial charge in [0.2, 0.25) is 11.7 Å². The van der Waals surface area contributed by atoms with Crippen LogP contribution in [0.25, 0.3) is 0 Å². The van der Waals surface area contributed by atoms with Crippen LogP contribution in [0.15, 0.2) is 24.2 Å². The lowest BCUT2D eigenvalue weighted by Gasteiger charge is -2.43. The molecule has 1 aromatic heterocycles. The third kappa shape index (κ3) is 5.72. The molecule has 2 aliphatic rings. The van der Waals surface area contributed by atoms with Gasteiger partial charge < -0.3 is 20.7 Å². The fourth-order valence-electron chi connectivity index (χ4n) is 4.80. The molecule has 2 amide bonds. The number of halogens is 1. The SMILES string of the molecule is CC=C(N[C@@H](CC1(C)CCCC1)C(=O)N[C@]1(C(=O)C(=O)Nc2ccn(C)n2)C[C@@H](F)C1)OC. The molecule has 2 fully saturated rings. The summed E-state index contributed by atoms with van der Waals surface area (Å²) in [6.07, 6.45) is 6.32. The number of aromatic nitrogens is 2. The Balaban J connectivity index is 1.76. The molecule has 1 atom stereocenters. The number of carbonyl (C=O) groups is 3. The summed E-state index contributed by atoms with van der Waals surface area (Å²) in [5, 5.41) is 12.3. The zero-order valence-electron chi connectivity index (χ0n) is 19.7. The standard InChI is InChI=1S/C23H34FN5O4/c1-5-18(33-4)25-16(14-22(2)9-6-7-10-22)20(31)27-23(12-15(24)13-23)19(30)21(32)26-17-8-11-29(3)28-17/h5,8,11,15-16,25H,6-7,9-10,12-14H2,1-4H3,(H,27,31)(H,26,28,32)/t15-,16-,23-/m0/s1. The quantitative estimate of drug-likeness (QED) is 0.363. The number of anilines is 1. The zero-order valence-corrected chi connectivity index (χ0v) is 19.7. The van der Waals surface area contributed by atoms with E-state index in [1.54, 1.807) is 32.3 Å². The van der Waals surface area contributed by atoms with Crippen molar-refractivity contribution in [2.24, 2.45) is 12.5 Å². The van der Waals surface area contributed by atoms with Crippen LogP contribution in [0.4, 0.5) is 10.2 Å². The van der Waals surface area contributed by atoms with Crippen molar-refractivity contribution >= 4 is 23.4 Å². The Kier molecular flexibility index (Phi) is 7.44. The van der Waals surface area contributed by atoms with Crippen LogP contribution in [-0.2, 0) is 26.2 Å². The Hall–Kier alpha value is -2.91. The molecule has 9 nitrogen and oxygen atoms in total. The molecule has 2 saturated carbocycles. The van der Waals surface area contributed by atoms with Crippen molar-refractivity contribution in [2.75, 3.05) is 12.4 Å². The van der Waals surface area contributed by atoms with E-state index in [0.29, 0.717) is 12.3 Å². The number of hydrogen-bond donors (Lipinski definition) is 3. The van der Waals surface area contributed by atoms with Crippen molar-refractivity contribution in [1.29, 1.82) is 0 Å². The summed E-state index contributed by atoms with van der Waals surface area (Å²) >= 11 is 0. The lowest BCUT2D eigenvalue weighted by atomic mass is 9.71. The molecule has 1 heterocycles. The van der Waals surface area contributed by atoms with Crippen LogP contribution in [0.5, 0.6) is 0 Å². The van der Waals surface area contributed by atoms with E-state index in [-0.39, 0.29) is 24.1 Å². The second-order valence-electron chi connectivity index (χ2n) is 9.51. The van der Waals surface area contributed by atoms with Crippen LogP contribution in [0, 0.1) is 5.41 Å². The summed E-state index contributed by atoms with van der Waals surface area (Å²) in [6, 6.07) is 0.849. The highest BCUT2D eigenvalue weighted by Gasteiger charge is 2.54. The second-order valence-corrected chi connectivity index (χ2v) is 9.51. The highest BCUT2D eigenvalue weighted by atomic mass is 19.1. The Labute approximate surface area is 193 Å². The van der Waals surface area contributed by atoms with Gasteiger partial charge in [-0.05, 0) is 37.7 Å². The van der Waals surface area contributed by atoms with Gasteiger partial charge in [-0.15, -0.1) is 0 Å². The van der Waals surface area contributed by atoms with Gasteiger partial charge in [-0.2, -0.15) is 5.10 Å². The first kappa shape index (κ1) is 24.7. The minimum absolute atomic E-state index is 0.0304. The summed E-state index contributed by atoms with van der Waals surface area (Å²) in [7, 11) is 3.18. The zero-order chi connectivity index (χ0) is 24.2. The van der Waals surface area contributed by atoms with Gasteiger partial charge in [-0.25, -0.2) is 4.39 Å². The molecule has 0 unspecified atom stereocenters. The van der Waals surface area contributed by atoms with Gasteiger partial charge >= 0.3 is 0 Å². The fraction of sp³-hybridized carbons (Fsp3) is 0.652. The van der Waals surface area contributed by atoms with E-state index in [2.05, 4.69) is 28.0 Å². The number of carbonyl (C=O) groups excluding carboxylic acids is 3. The fourth-order valence-corrected chi connectivity index (χ4v) is 4.80. The monoisotopic (exact) mass is 463 g/mol. The van der Waals surface area contributed by atoms with Crippen LogP contribution in [0.3, 0.4) is 0 Å². The number of allylic oxidation sites excluding steroid dienone is 1. The Morgan fingerprint density at radius 3 is 2.52 bits per heavy atom. The van der Waals surface area contributed by atoms with Crippen LogP contribution in [0.1, 0.15) is 58.8 Å². The number of nitrogens with zero attached hydrogens (tertiary/aromatic N) is 2. The van der Waals surface area contributed by atoms with Crippen molar-refractivity contribution in [3.63, 3.8) is 0 Å². The average Bonchev–Trinajstić information content (AvgIpc) is 3.36. The maximum Gasteiger partial charge on any atom is 0.295 e. The minimum atomic E-state index is -1.57. The second kappa shape index (κ2) is 9.93. The van der Waals surface area contributed by atoms with Crippen molar-refractivity contribution < 1.29 is 23.5 Å². The molecule has 182 valence electrons. The molecular weight excluding hydrogens is 429 g/mol. The van der Waals surface area contributed by atoms with Crippen LogP contribution in [0.2, 0.25) is 0 Å². The van der Waals surface area contributed by atoms with Crippen molar-refractivity contribution in [3.05, 3.63) is 24.2 Å². The van der Waals surface area contributed by atoms with Gasteiger partial charge in [0.25, 0.3) is 5.91 Å². The number of amides is 2. The molecule has 0 radical (unpaired) electrons. The van der Waals surface area contributed by atoms with Gasteiger partial charge in [-0.1, -0.05) is 19.8 Å². The largest absolute Gasteiger partial charge is 0.483 e. The molecule has 0 saturated heterocycles. The molecule has 0 bridgehead atoms. The van der Waals surface area contributed by atoms with Crippen LogP contribution < -0.4 is 16.0 Å². The number of nitrogens with one attached hydrogen (secondary N) is 3. The number of methoxy groups -OCH3 is 1. The van der Waals surface area contributed by atoms with E-state index in [0.717, 1.165) is 25.7 Å². The van der Waals surface area contributed by atoms with E-state index < -0.39 is 35.4 Å². The summed E-state index contributed by atoms with van der Waals surface area (Å²) < 4.78 is 20.7. The van der Waals surface area contributed by atoms with Crippen LogP contribution >= 0.6 is 0 Å². The van der Waals surface area contributed by atoms with E-state index in [4.69, 9.17) is 4.74 Å². The topological polar surface area (TPSA) is 114 Å². The maximum absolute atomic E-state index is 13.9. The number of Topliss-reactive ketones (excluding diaryl/α,β-unsaturated/α-hetero) is 1. The molecule has 0 aliphatic heterocycles. The van der Waals surface area contributed by atoms with Gasteiger partial charge in [0.1, 0.15) is 17.8 Å². The number of hydrogen-bond acceptors (Lipinski definition) is 6. The number of alkyl halides is 1. The predicted molar refractivity (Wildman–Crippen MR) is 121 cm³/mol.